The Morgan fingerprint density at radius 1 is 1.00 bits per heavy atom. The molecule has 1 amide bonds. The van der Waals surface area contributed by atoms with E-state index in [2.05, 4.69) is 19.5 Å². The zero-order valence-corrected chi connectivity index (χ0v) is 13.3. The summed E-state index contributed by atoms with van der Waals surface area (Å²) < 4.78 is 13.8. The molecule has 0 radical (unpaired) electrons. The molecule has 0 aliphatic rings. The van der Waals surface area contributed by atoms with Gasteiger partial charge in [-0.3, -0.25) is 9.59 Å². The lowest BCUT2D eigenvalue weighted by atomic mass is 10.1. The van der Waals surface area contributed by atoms with Gasteiger partial charge in [0.2, 0.25) is 5.91 Å². The van der Waals surface area contributed by atoms with Gasteiger partial charge in [0.15, 0.2) is 0 Å². The quantitative estimate of drug-likeness (QED) is 0.634. The van der Waals surface area contributed by atoms with E-state index in [4.69, 9.17) is 0 Å². The van der Waals surface area contributed by atoms with Gasteiger partial charge in [0.05, 0.1) is 33.3 Å². The molecule has 0 aromatic carbocycles. The van der Waals surface area contributed by atoms with Crippen LogP contribution in [0.5, 0.6) is 0 Å². The van der Waals surface area contributed by atoms with Crippen molar-refractivity contribution >= 4 is 40.2 Å². The number of thiophene rings is 1. The average molecular weight is 329 g/mol. The Morgan fingerprint density at radius 2 is 1.59 bits per heavy atom. The van der Waals surface area contributed by atoms with Crippen LogP contribution in [0.3, 0.4) is 0 Å². The minimum atomic E-state index is -0.783. The van der Waals surface area contributed by atoms with E-state index in [1.54, 1.807) is 0 Å². The number of hydrogen-bond donors (Lipinski definition) is 1. The number of carbonyl (C=O) groups is 4. The average Bonchev–Trinajstić information content (AvgIpc) is 2.82. The fourth-order valence-corrected chi connectivity index (χ4v) is 2.85. The highest BCUT2D eigenvalue weighted by Gasteiger charge is 2.30. The van der Waals surface area contributed by atoms with E-state index in [0.717, 1.165) is 18.4 Å². The first-order valence-electron chi connectivity index (χ1n) is 6.02. The highest BCUT2D eigenvalue weighted by Crippen LogP contribution is 2.35. The molecule has 0 aliphatic heterocycles. The maximum Gasteiger partial charge on any atom is 0.348 e. The molecule has 0 spiro atoms. The zero-order chi connectivity index (χ0) is 16.9. The molecule has 120 valence electrons. The Labute approximate surface area is 130 Å². The molecule has 0 saturated carbocycles. The van der Waals surface area contributed by atoms with Gasteiger partial charge in [-0.25, -0.2) is 9.59 Å². The summed E-state index contributed by atoms with van der Waals surface area (Å²) in [5, 5.41) is 2.55. The van der Waals surface area contributed by atoms with Crippen LogP contribution in [-0.4, -0.2) is 45.1 Å². The first kappa shape index (κ1) is 17.6. The van der Waals surface area contributed by atoms with Gasteiger partial charge in [-0.05, 0) is 0 Å². The molecule has 8 nitrogen and oxygen atoms in total. The third-order valence-electron chi connectivity index (χ3n) is 2.61. The van der Waals surface area contributed by atoms with Crippen molar-refractivity contribution in [3.8, 4) is 0 Å². The molecule has 0 aliphatic carbocycles. The monoisotopic (exact) mass is 329 g/mol. The van der Waals surface area contributed by atoms with Crippen molar-refractivity contribution in [1.29, 1.82) is 0 Å². The molecular formula is C13H15NO7S. The molecule has 1 aromatic heterocycles. The third-order valence-corrected chi connectivity index (χ3v) is 3.73. The Balaban J connectivity index is 3.52. The van der Waals surface area contributed by atoms with E-state index >= 15 is 0 Å². The van der Waals surface area contributed by atoms with Crippen LogP contribution < -0.4 is 5.32 Å². The van der Waals surface area contributed by atoms with Crippen LogP contribution in [0.4, 0.5) is 5.00 Å². The zero-order valence-electron chi connectivity index (χ0n) is 12.5. The van der Waals surface area contributed by atoms with Gasteiger partial charge in [-0.1, -0.05) is 0 Å². The largest absolute Gasteiger partial charge is 0.469 e. The molecule has 1 N–H and O–H groups in total. The number of hydrogen-bond acceptors (Lipinski definition) is 8. The maximum absolute atomic E-state index is 12.0. The number of ether oxygens (including phenoxy) is 3. The third kappa shape index (κ3) is 3.82. The lowest BCUT2D eigenvalue weighted by Gasteiger charge is -2.06. The van der Waals surface area contributed by atoms with Crippen LogP contribution in [0.1, 0.15) is 32.5 Å². The summed E-state index contributed by atoms with van der Waals surface area (Å²) in [5.74, 6) is -2.60. The van der Waals surface area contributed by atoms with Gasteiger partial charge in [0, 0.05) is 12.5 Å². The summed E-state index contributed by atoms with van der Waals surface area (Å²) in [5.41, 5.74) is 0.0350. The van der Waals surface area contributed by atoms with E-state index in [0.29, 0.717) is 0 Å². The fraction of sp³-hybridized carbons (Fsp3) is 0.385. The molecule has 9 heteroatoms. The predicted octanol–water partition coefficient (Wildman–Crippen LogP) is 0.995. The summed E-state index contributed by atoms with van der Waals surface area (Å²) in [7, 11) is 3.50. The Hall–Kier alpha value is -2.42. The van der Waals surface area contributed by atoms with Gasteiger partial charge in [0.1, 0.15) is 9.88 Å². The standard InChI is InChI=1S/C13H15NO7S/c1-6(15)14-11-9(12(17)20-3)7(5-8(16)19-2)10(22-11)13(18)21-4/h5H2,1-4H3,(H,14,15). The Kier molecular flexibility index (Phi) is 6.05. The van der Waals surface area contributed by atoms with Crippen molar-refractivity contribution in [2.75, 3.05) is 26.6 Å². The lowest BCUT2D eigenvalue weighted by Crippen LogP contribution is -2.15. The van der Waals surface area contributed by atoms with Crippen LogP contribution >= 0.6 is 11.3 Å². The summed E-state index contributed by atoms with van der Waals surface area (Å²) in [6, 6.07) is 0. The first-order chi connectivity index (χ1) is 10.3. The molecular weight excluding hydrogens is 314 g/mol. The maximum atomic E-state index is 12.0. The van der Waals surface area contributed by atoms with Gasteiger partial charge in [-0.15, -0.1) is 11.3 Å². The summed E-state index contributed by atoms with van der Waals surface area (Å²) in [6.45, 7) is 1.25. The highest BCUT2D eigenvalue weighted by atomic mass is 32.1. The predicted molar refractivity (Wildman–Crippen MR) is 77.0 cm³/mol. The normalized spacial score (nSPS) is 9.82. The van der Waals surface area contributed by atoms with Crippen LogP contribution in [-0.2, 0) is 30.2 Å². The second kappa shape index (κ2) is 7.55. The van der Waals surface area contributed by atoms with Crippen LogP contribution in [0.2, 0.25) is 0 Å². The van der Waals surface area contributed by atoms with E-state index < -0.39 is 23.8 Å². The van der Waals surface area contributed by atoms with E-state index in [-0.39, 0.29) is 27.4 Å². The van der Waals surface area contributed by atoms with E-state index in [9.17, 15) is 19.2 Å². The minimum Gasteiger partial charge on any atom is -0.469 e. The molecule has 0 fully saturated rings. The van der Waals surface area contributed by atoms with Crippen molar-refractivity contribution < 1.29 is 33.4 Å². The summed E-state index contributed by atoms with van der Waals surface area (Å²) >= 11 is 0.828. The molecule has 1 aromatic rings. The van der Waals surface area contributed by atoms with E-state index in [1.165, 1.54) is 21.1 Å². The number of amides is 1. The smallest absolute Gasteiger partial charge is 0.348 e. The van der Waals surface area contributed by atoms with E-state index in [1.807, 2.05) is 0 Å². The van der Waals surface area contributed by atoms with Gasteiger partial charge in [-0.2, -0.15) is 0 Å². The van der Waals surface area contributed by atoms with Crippen molar-refractivity contribution in [2.24, 2.45) is 0 Å². The van der Waals surface area contributed by atoms with Gasteiger partial charge in [0.25, 0.3) is 0 Å². The Morgan fingerprint density at radius 3 is 2.05 bits per heavy atom. The summed E-state index contributed by atoms with van der Waals surface area (Å²) in [6.07, 6.45) is -0.332. The Bertz CT molecular complexity index is 620. The van der Waals surface area contributed by atoms with Crippen LogP contribution in [0.25, 0.3) is 0 Å². The minimum absolute atomic E-state index is 0.0250. The molecule has 0 bridgehead atoms. The second-order valence-electron chi connectivity index (χ2n) is 4.03. The topological polar surface area (TPSA) is 108 Å². The molecule has 0 atom stereocenters. The molecule has 0 saturated heterocycles. The SMILES string of the molecule is COC(=O)Cc1c(C(=O)OC)sc(NC(C)=O)c1C(=O)OC. The van der Waals surface area contributed by atoms with Gasteiger partial charge >= 0.3 is 17.9 Å². The number of carbonyl (C=O) groups excluding carboxylic acids is 4. The molecule has 0 unspecified atom stereocenters. The molecule has 22 heavy (non-hydrogen) atoms. The number of methoxy groups -OCH3 is 3. The number of nitrogens with one attached hydrogen (secondary N) is 1. The summed E-state index contributed by atoms with van der Waals surface area (Å²) in [4.78, 5) is 46.6. The number of esters is 3. The molecule has 1 rings (SSSR count). The highest BCUT2D eigenvalue weighted by molar-refractivity contribution is 7.18. The molecule has 1 heterocycles. The van der Waals surface area contributed by atoms with Crippen molar-refractivity contribution in [3.05, 3.63) is 16.0 Å². The van der Waals surface area contributed by atoms with Crippen LogP contribution in [0, 0.1) is 0 Å². The fourth-order valence-electron chi connectivity index (χ4n) is 1.67. The van der Waals surface area contributed by atoms with Gasteiger partial charge < -0.3 is 19.5 Å². The lowest BCUT2D eigenvalue weighted by molar-refractivity contribution is -0.139. The van der Waals surface area contributed by atoms with Crippen LogP contribution in [0.15, 0.2) is 0 Å². The van der Waals surface area contributed by atoms with Crippen molar-refractivity contribution in [2.45, 2.75) is 13.3 Å². The number of rotatable bonds is 5. The van der Waals surface area contributed by atoms with Crippen molar-refractivity contribution in [3.63, 3.8) is 0 Å². The second-order valence-corrected chi connectivity index (χ2v) is 5.05. The first-order valence-corrected chi connectivity index (χ1v) is 6.84. The number of anilines is 1. The van der Waals surface area contributed by atoms with Crippen molar-refractivity contribution in [1.82, 2.24) is 0 Å².